The second-order valence-electron chi connectivity index (χ2n) is 4.20. The predicted molar refractivity (Wildman–Crippen MR) is 61.3 cm³/mol. The van der Waals surface area contributed by atoms with E-state index in [4.69, 9.17) is 11.6 Å². The predicted octanol–water partition coefficient (Wildman–Crippen LogP) is 2.92. The van der Waals surface area contributed by atoms with Gasteiger partial charge in [0.25, 0.3) is 0 Å². The molecule has 1 fully saturated rings. The van der Waals surface area contributed by atoms with Gasteiger partial charge in [0.2, 0.25) is 0 Å². The van der Waals surface area contributed by atoms with Crippen LogP contribution in [-0.4, -0.2) is 19.8 Å². The molecule has 1 aliphatic heterocycles. The Hall–Kier alpha value is -0.600. The quantitative estimate of drug-likeness (QED) is 0.819. The van der Waals surface area contributed by atoms with E-state index in [1.54, 1.807) is 0 Å². The Morgan fingerprint density at radius 1 is 1.47 bits per heavy atom. The monoisotopic (exact) mass is 227 g/mol. The van der Waals surface area contributed by atoms with Crippen LogP contribution in [0.5, 0.6) is 0 Å². The van der Waals surface area contributed by atoms with Crippen molar-refractivity contribution in [3.05, 3.63) is 34.3 Å². The van der Waals surface area contributed by atoms with Crippen molar-refractivity contribution in [1.29, 1.82) is 0 Å². The van der Waals surface area contributed by atoms with Crippen molar-refractivity contribution in [2.45, 2.75) is 12.8 Å². The molecule has 1 aliphatic rings. The summed E-state index contributed by atoms with van der Waals surface area (Å²) >= 11 is 6.18. The third-order valence-electron chi connectivity index (χ3n) is 3.09. The van der Waals surface area contributed by atoms with Crippen LogP contribution in [0.1, 0.15) is 17.0 Å². The van der Waals surface area contributed by atoms with Crippen molar-refractivity contribution in [3.8, 4) is 0 Å². The van der Waals surface area contributed by atoms with Crippen LogP contribution in [0.2, 0.25) is 5.02 Å². The van der Waals surface area contributed by atoms with E-state index >= 15 is 0 Å². The second-order valence-corrected chi connectivity index (χ2v) is 4.61. The highest BCUT2D eigenvalue weighted by Crippen LogP contribution is 2.33. The molecule has 15 heavy (non-hydrogen) atoms. The van der Waals surface area contributed by atoms with Gasteiger partial charge in [0.15, 0.2) is 0 Å². The number of benzene rings is 1. The number of aryl methyl sites for hydroxylation is 1. The van der Waals surface area contributed by atoms with Crippen molar-refractivity contribution >= 4 is 11.6 Å². The van der Waals surface area contributed by atoms with Gasteiger partial charge < -0.3 is 5.32 Å². The lowest BCUT2D eigenvalue weighted by atomic mass is 9.89. The Kier molecular flexibility index (Phi) is 3.27. The summed E-state index contributed by atoms with van der Waals surface area (Å²) in [6, 6.07) is 6.01. The van der Waals surface area contributed by atoms with Crippen molar-refractivity contribution in [2.24, 2.45) is 5.92 Å². The highest BCUT2D eigenvalue weighted by atomic mass is 35.5. The number of hydrogen-bond acceptors (Lipinski definition) is 1. The number of hydrogen-bond donors (Lipinski definition) is 1. The topological polar surface area (TPSA) is 12.0 Å². The molecule has 0 radical (unpaired) electrons. The van der Waals surface area contributed by atoms with Crippen molar-refractivity contribution in [3.63, 3.8) is 0 Å². The summed E-state index contributed by atoms with van der Waals surface area (Å²) < 4.78 is 12.8. The van der Waals surface area contributed by atoms with Crippen LogP contribution in [0.3, 0.4) is 0 Å². The maximum atomic E-state index is 12.8. The third-order valence-corrected chi connectivity index (χ3v) is 3.42. The molecule has 1 N–H and O–H groups in total. The highest BCUT2D eigenvalue weighted by molar-refractivity contribution is 6.31. The van der Waals surface area contributed by atoms with Gasteiger partial charge in [-0.1, -0.05) is 23.7 Å². The molecule has 0 aliphatic carbocycles. The zero-order valence-electron chi connectivity index (χ0n) is 8.76. The molecule has 0 unspecified atom stereocenters. The standard InChI is InChI=1S/C12H15ClFN/c1-8-2-3-10(12(13)4-8)11-7-15-6-9(11)5-14/h2-4,9,11,15H,5-7H2,1H3/t9-,11-/m1/s1. The molecule has 3 heteroatoms. The van der Waals surface area contributed by atoms with Crippen LogP contribution < -0.4 is 5.32 Å². The van der Waals surface area contributed by atoms with Crippen LogP contribution in [-0.2, 0) is 0 Å². The first-order chi connectivity index (χ1) is 7.22. The minimum absolute atomic E-state index is 0.0743. The van der Waals surface area contributed by atoms with E-state index < -0.39 is 0 Å². The van der Waals surface area contributed by atoms with Crippen LogP contribution in [0.4, 0.5) is 4.39 Å². The van der Waals surface area contributed by atoms with Gasteiger partial charge in [-0.05, 0) is 24.1 Å². The number of halogens is 2. The first kappa shape index (κ1) is 10.9. The highest BCUT2D eigenvalue weighted by Gasteiger charge is 2.29. The summed E-state index contributed by atoms with van der Waals surface area (Å²) in [6.45, 7) is 3.32. The maximum absolute atomic E-state index is 12.8. The van der Waals surface area contributed by atoms with Gasteiger partial charge in [-0.3, -0.25) is 4.39 Å². The molecule has 1 heterocycles. The fourth-order valence-electron chi connectivity index (χ4n) is 2.19. The van der Waals surface area contributed by atoms with E-state index in [2.05, 4.69) is 5.32 Å². The average Bonchev–Trinajstić information content (AvgIpc) is 2.65. The van der Waals surface area contributed by atoms with Crippen LogP contribution in [0, 0.1) is 12.8 Å². The zero-order chi connectivity index (χ0) is 10.8. The average molecular weight is 228 g/mol. The van der Waals surface area contributed by atoms with E-state index in [0.29, 0.717) is 0 Å². The molecule has 1 aromatic carbocycles. The molecule has 1 saturated heterocycles. The number of nitrogens with one attached hydrogen (secondary N) is 1. The molecule has 1 nitrogen and oxygen atoms in total. The van der Waals surface area contributed by atoms with Gasteiger partial charge in [0.1, 0.15) is 0 Å². The lowest BCUT2D eigenvalue weighted by Crippen LogP contribution is -2.13. The first-order valence-electron chi connectivity index (χ1n) is 5.25. The Balaban J connectivity index is 2.28. The van der Waals surface area contributed by atoms with Crippen molar-refractivity contribution < 1.29 is 4.39 Å². The molecule has 0 bridgehead atoms. The molecular formula is C12H15ClFN. The summed E-state index contributed by atoms with van der Waals surface area (Å²) in [4.78, 5) is 0. The van der Waals surface area contributed by atoms with E-state index in [1.165, 1.54) is 0 Å². The van der Waals surface area contributed by atoms with E-state index in [-0.39, 0.29) is 18.5 Å². The Morgan fingerprint density at radius 3 is 2.93 bits per heavy atom. The van der Waals surface area contributed by atoms with Gasteiger partial charge in [-0.25, -0.2) is 0 Å². The molecule has 2 rings (SSSR count). The lowest BCUT2D eigenvalue weighted by Gasteiger charge is -2.17. The van der Waals surface area contributed by atoms with Gasteiger partial charge in [0.05, 0.1) is 6.67 Å². The Bertz CT molecular complexity index is 353. The fraction of sp³-hybridized carbons (Fsp3) is 0.500. The smallest absolute Gasteiger partial charge is 0.0941 e. The fourth-order valence-corrected chi connectivity index (χ4v) is 2.57. The number of rotatable bonds is 2. The minimum Gasteiger partial charge on any atom is -0.316 e. The lowest BCUT2D eigenvalue weighted by molar-refractivity contribution is 0.358. The Labute approximate surface area is 94.6 Å². The van der Waals surface area contributed by atoms with Gasteiger partial charge in [-0.15, -0.1) is 0 Å². The SMILES string of the molecule is Cc1ccc([C@@H]2CNC[C@H]2CF)c(Cl)c1. The zero-order valence-corrected chi connectivity index (χ0v) is 9.52. The first-order valence-corrected chi connectivity index (χ1v) is 5.63. The minimum atomic E-state index is -0.276. The molecule has 0 aromatic heterocycles. The summed E-state index contributed by atoms with van der Waals surface area (Å²) in [5.74, 6) is 0.299. The summed E-state index contributed by atoms with van der Waals surface area (Å²) in [5, 5.41) is 3.98. The Morgan fingerprint density at radius 2 is 2.27 bits per heavy atom. The molecule has 0 spiro atoms. The second kappa shape index (κ2) is 4.50. The summed E-state index contributed by atoms with van der Waals surface area (Å²) in [7, 11) is 0. The molecule has 1 aromatic rings. The van der Waals surface area contributed by atoms with Crippen LogP contribution in [0.15, 0.2) is 18.2 Å². The molecule has 0 amide bonds. The number of alkyl halides is 1. The van der Waals surface area contributed by atoms with E-state index in [0.717, 1.165) is 29.2 Å². The van der Waals surface area contributed by atoms with Gasteiger partial charge >= 0.3 is 0 Å². The molecule has 82 valence electrons. The van der Waals surface area contributed by atoms with Crippen LogP contribution >= 0.6 is 11.6 Å². The third kappa shape index (κ3) is 2.16. The molecule has 0 saturated carbocycles. The van der Waals surface area contributed by atoms with Gasteiger partial charge in [0, 0.05) is 29.9 Å². The van der Waals surface area contributed by atoms with E-state index in [1.807, 2.05) is 25.1 Å². The van der Waals surface area contributed by atoms with E-state index in [9.17, 15) is 4.39 Å². The normalized spacial score (nSPS) is 25.8. The van der Waals surface area contributed by atoms with Crippen molar-refractivity contribution in [2.75, 3.05) is 19.8 Å². The largest absolute Gasteiger partial charge is 0.316 e. The summed E-state index contributed by atoms with van der Waals surface area (Å²) in [6.07, 6.45) is 0. The molecule has 2 atom stereocenters. The molecular weight excluding hydrogens is 213 g/mol. The maximum Gasteiger partial charge on any atom is 0.0941 e. The van der Waals surface area contributed by atoms with Crippen molar-refractivity contribution in [1.82, 2.24) is 5.32 Å². The van der Waals surface area contributed by atoms with Gasteiger partial charge in [-0.2, -0.15) is 0 Å². The summed E-state index contributed by atoms with van der Waals surface area (Å²) in [5.41, 5.74) is 2.22. The van der Waals surface area contributed by atoms with Crippen LogP contribution in [0.25, 0.3) is 0 Å².